The number of thioether (sulfide) groups is 1. The van der Waals surface area contributed by atoms with E-state index < -0.39 is 35.4 Å². The van der Waals surface area contributed by atoms with Crippen molar-refractivity contribution >= 4 is 41.1 Å². The number of ketones is 1. The minimum atomic E-state index is -1.01. The topological polar surface area (TPSA) is 81.7 Å². The monoisotopic (exact) mass is 495 g/mol. The molecule has 0 radical (unpaired) electrons. The van der Waals surface area contributed by atoms with Crippen molar-refractivity contribution in [1.82, 2.24) is 5.32 Å². The highest BCUT2D eigenvalue weighted by Gasteiger charge is 2.47. The number of Topliss-reactive ketones (excluding diaryl/α,β-unsaturated/α-hetero) is 1. The Morgan fingerprint density at radius 1 is 1.33 bits per heavy atom. The third kappa shape index (κ3) is 5.11. The Balaban J connectivity index is 2.10. The number of esters is 2. The molecule has 0 saturated heterocycles. The smallest absolute Gasteiger partial charge is 0.336 e. The molecule has 0 aromatic heterocycles. The van der Waals surface area contributed by atoms with E-state index in [2.05, 4.69) is 5.32 Å². The summed E-state index contributed by atoms with van der Waals surface area (Å²) in [5, 5.41) is 3.11. The fourth-order valence-corrected chi connectivity index (χ4v) is 5.00. The van der Waals surface area contributed by atoms with Crippen LogP contribution in [-0.4, -0.2) is 42.9 Å². The number of halogens is 2. The van der Waals surface area contributed by atoms with Gasteiger partial charge in [0.1, 0.15) is 18.3 Å². The molecule has 1 heterocycles. The van der Waals surface area contributed by atoms with Crippen LogP contribution in [0.4, 0.5) is 4.39 Å². The molecule has 2 aliphatic rings. The van der Waals surface area contributed by atoms with Crippen molar-refractivity contribution in [3.63, 3.8) is 0 Å². The second-order valence-corrected chi connectivity index (χ2v) is 9.84. The maximum Gasteiger partial charge on any atom is 0.336 e. The molecule has 0 fully saturated rings. The minimum absolute atomic E-state index is 0.0701. The van der Waals surface area contributed by atoms with Crippen molar-refractivity contribution in [1.29, 1.82) is 0 Å². The van der Waals surface area contributed by atoms with Gasteiger partial charge in [-0.2, -0.15) is 11.8 Å². The highest BCUT2D eigenvalue weighted by Crippen LogP contribution is 2.45. The zero-order valence-electron chi connectivity index (χ0n) is 19.0. The van der Waals surface area contributed by atoms with E-state index >= 15 is 0 Å². The van der Waals surface area contributed by atoms with Crippen LogP contribution in [0.3, 0.4) is 0 Å². The Bertz CT molecular complexity index is 1040. The third-order valence-corrected chi connectivity index (χ3v) is 7.08. The van der Waals surface area contributed by atoms with Crippen LogP contribution < -0.4 is 5.32 Å². The molecule has 1 aliphatic heterocycles. The van der Waals surface area contributed by atoms with E-state index in [9.17, 15) is 18.8 Å². The average molecular weight is 496 g/mol. The number of carbonyl (C=O) groups is 3. The van der Waals surface area contributed by atoms with E-state index in [0.717, 1.165) is 5.75 Å². The Hall–Kier alpha value is -2.32. The molecule has 6 nitrogen and oxygen atoms in total. The van der Waals surface area contributed by atoms with Gasteiger partial charge in [-0.1, -0.05) is 31.5 Å². The molecule has 0 saturated carbocycles. The van der Waals surface area contributed by atoms with Crippen LogP contribution in [0.5, 0.6) is 0 Å². The number of hydrogen-bond donors (Lipinski definition) is 1. The van der Waals surface area contributed by atoms with E-state index in [4.69, 9.17) is 21.1 Å². The zero-order chi connectivity index (χ0) is 24.3. The summed E-state index contributed by atoms with van der Waals surface area (Å²) in [5.74, 6) is -3.01. The number of hydrogen-bond acceptors (Lipinski definition) is 7. The average Bonchev–Trinajstić information content (AvgIpc) is 2.77. The van der Waals surface area contributed by atoms with Crippen molar-refractivity contribution in [2.75, 3.05) is 25.2 Å². The summed E-state index contributed by atoms with van der Waals surface area (Å²) in [5.41, 5.74) is 1.99. The minimum Gasteiger partial charge on any atom is -0.468 e. The third-order valence-electron chi connectivity index (χ3n) is 5.90. The molecule has 1 aliphatic carbocycles. The Labute approximate surface area is 201 Å². The number of benzene rings is 1. The van der Waals surface area contributed by atoms with Gasteiger partial charge >= 0.3 is 11.9 Å². The molecule has 3 atom stereocenters. The second kappa shape index (κ2) is 10.7. The molecule has 0 bridgehead atoms. The number of methoxy groups -OCH3 is 1. The lowest BCUT2D eigenvalue weighted by atomic mass is 9.69. The zero-order valence-corrected chi connectivity index (χ0v) is 20.6. The number of ether oxygens (including phenoxy) is 2. The van der Waals surface area contributed by atoms with Gasteiger partial charge in [0.2, 0.25) is 0 Å². The number of carbonyl (C=O) groups excluding carboxylic acids is 3. The van der Waals surface area contributed by atoms with Crippen LogP contribution in [0.1, 0.15) is 38.7 Å². The Morgan fingerprint density at radius 2 is 2.06 bits per heavy atom. The van der Waals surface area contributed by atoms with Crippen molar-refractivity contribution in [2.24, 2.45) is 11.8 Å². The van der Waals surface area contributed by atoms with Gasteiger partial charge in [-0.25, -0.2) is 9.18 Å². The lowest BCUT2D eigenvalue weighted by molar-refractivity contribution is -0.151. The summed E-state index contributed by atoms with van der Waals surface area (Å²) in [6.45, 7) is 5.74. The summed E-state index contributed by atoms with van der Waals surface area (Å²) in [7, 11) is 1.23. The molecular weight excluding hydrogens is 469 g/mol. The molecule has 33 heavy (non-hydrogen) atoms. The lowest BCUT2D eigenvalue weighted by Crippen LogP contribution is -2.43. The highest BCUT2D eigenvalue weighted by atomic mass is 35.5. The van der Waals surface area contributed by atoms with Crippen molar-refractivity contribution in [3.05, 3.63) is 57.1 Å². The predicted octanol–water partition coefficient (Wildman–Crippen LogP) is 4.39. The van der Waals surface area contributed by atoms with E-state index in [1.807, 2.05) is 6.92 Å². The standard InChI is InChI=1S/C24H27ClFNO5S/c1-5-33-9-8-32-24(30)19-13(3)27-17-10-12(2)18(23(29)31-4)22(28)21(17)20(19)14-6-7-15(25)16(26)11-14/h6-7,11-12,18,20,27H,5,8-10H2,1-4H3/t12-,18+,20+/m1/s1. The molecule has 1 aromatic rings. The van der Waals surface area contributed by atoms with Gasteiger partial charge in [0.05, 0.1) is 17.7 Å². The van der Waals surface area contributed by atoms with Crippen LogP contribution in [0.2, 0.25) is 5.02 Å². The van der Waals surface area contributed by atoms with Crippen LogP contribution >= 0.6 is 23.4 Å². The number of allylic oxidation sites excluding steroid dienone is 3. The summed E-state index contributed by atoms with van der Waals surface area (Å²) in [6, 6.07) is 4.19. The van der Waals surface area contributed by atoms with Crippen molar-refractivity contribution in [3.8, 4) is 0 Å². The normalized spacial score (nSPS) is 22.6. The maximum atomic E-state index is 14.4. The number of rotatable bonds is 7. The first-order chi connectivity index (χ1) is 15.7. The molecule has 9 heteroatoms. The Morgan fingerprint density at radius 3 is 2.70 bits per heavy atom. The summed E-state index contributed by atoms with van der Waals surface area (Å²) >= 11 is 7.52. The van der Waals surface area contributed by atoms with Gasteiger partial charge in [-0.3, -0.25) is 9.59 Å². The van der Waals surface area contributed by atoms with Crippen LogP contribution in [-0.2, 0) is 23.9 Å². The first-order valence-corrected chi connectivity index (χ1v) is 12.3. The van der Waals surface area contributed by atoms with Crippen LogP contribution in [0.15, 0.2) is 40.7 Å². The SMILES string of the molecule is CCSCCOC(=O)C1=C(C)NC2=C(C(=O)[C@@H](C(=O)OC)[C@H](C)C2)[C@H]1c1ccc(Cl)c(F)c1. The molecule has 0 unspecified atom stereocenters. The second-order valence-electron chi connectivity index (χ2n) is 8.04. The molecule has 1 N–H and O–H groups in total. The van der Waals surface area contributed by atoms with Crippen LogP contribution in [0, 0.1) is 17.7 Å². The molecule has 0 spiro atoms. The van der Waals surface area contributed by atoms with E-state index in [1.165, 1.54) is 19.2 Å². The van der Waals surface area contributed by atoms with Gasteiger partial charge in [0.25, 0.3) is 0 Å². The van der Waals surface area contributed by atoms with Gasteiger partial charge < -0.3 is 14.8 Å². The number of dihydropyridines is 1. The quantitative estimate of drug-likeness (QED) is 0.341. The molecule has 0 amide bonds. The largest absolute Gasteiger partial charge is 0.468 e. The van der Waals surface area contributed by atoms with E-state index in [0.29, 0.717) is 29.1 Å². The van der Waals surface area contributed by atoms with Crippen molar-refractivity contribution < 1.29 is 28.2 Å². The fourth-order valence-electron chi connectivity index (χ4n) is 4.39. The molecular formula is C24H27ClFNO5S. The van der Waals surface area contributed by atoms with Gasteiger partial charge in [-0.15, -0.1) is 0 Å². The van der Waals surface area contributed by atoms with E-state index in [1.54, 1.807) is 31.7 Å². The predicted molar refractivity (Wildman–Crippen MR) is 125 cm³/mol. The Kier molecular flexibility index (Phi) is 8.23. The maximum absolute atomic E-state index is 14.4. The lowest BCUT2D eigenvalue weighted by Gasteiger charge is -2.38. The van der Waals surface area contributed by atoms with Crippen LogP contribution in [0.25, 0.3) is 0 Å². The van der Waals surface area contributed by atoms with Gasteiger partial charge in [-0.05, 0) is 42.7 Å². The first-order valence-electron chi connectivity index (χ1n) is 10.7. The summed E-state index contributed by atoms with van der Waals surface area (Å²) < 4.78 is 24.8. The molecule has 178 valence electrons. The van der Waals surface area contributed by atoms with Gasteiger partial charge in [0, 0.05) is 28.6 Å². The molecule has 1 aromatic carbocycles. The number of nitrogens with one attached hydrogen (secondary N) is 1. The molecule has 3 rings (SSSR count). The summed E-state index contributed by atoms with van der Waals surface area (Å²) in [4.78, 5) is 39.2. The van der Waals surface area contributed by atoms with E-state index in [-0.39, 0.29) is 28.7 Å². The highest BCUT2D eigenvalue weighted by molar-refractivity contribution is 7.99. The van der Waals surface area contributed by atoms with Crippen molar-refractivity contribution in [2.45, 2.75) is 33.1 Å². The fraction of sp³-hybridized carbons (Fsp3) is 0.458. The van der Waals surface area contributed by atoms with Gasteiger partial charge in [0.15, 0.2) is 5.78 Å². The first kappa shape index (κ1) is 25.3. The summed E-state index contributed by atoms with van der Waals surface area (Å²) in [6.07, 6.45) is 0.403.